The van der Waals surface area contributed by atoms with Gasteiger partial charge >= 0.3 is 0 Å². The number of epoxide rings is 3. The second-order valence-corrected chi connectivity index (χ2v) is 30.4. The highest BCUT2D eigenvalue weighted by atomic mass is 35.5. The first kappa shape index (κ1) is 76.4. The number of ether oxygens (including phenoxy) is 9. The van der Waals surface area contributed by atoms with E-state index in [0.717, 1.165) is 78.4 Å². The average molecular weight is 1530 g/mol. The van der Waals surface area contributed by atoms with Crippen molar-refractivity contribution in [2.24, 2.45) is 0 Å². The Kier molecular flexibility index (Phi) is 28.4. The highest BCUT2D eigenvalue weighted by Crippen LogP contribution is 2.43. The Morgan fingerprint density at radius 1 is 0.333 bits per heavy atom. The minimum Gasteiger partial charge on any atom is -0.491 e. The fraction of sp³-hybridized carbons (Fsp3) is 0.268. The molecule has 10 aromatic carbocycles. The van der Waals surface area contributed by atoms with Crippen LogP contribution in [0.4, 0.5) is 0 Å². The molecule has 0 aliphatic carbocycles. The topological polar surface area (TPSA) is 154 Å². The maximum absolute atomic E-state index is 10.6. The fourth-order valence-electron chi connectivity index (χ4n) is 10.7. The van der Waals surface area contributed by atoms with Gasteiger partial charge in [-0.2, -0.15) is 0 Å². The lowest BCUT2D eigenvalue weighted by molar-refractivity contribution is 0.126. The normalized spacial score (nSPS) is 16.9. The Morgan fingerprint density at radius 3 is 0.725 bits per heavy atom. The van der Waals surface area contributed by atoms with Gasteiger partial charge in [0.2, 0.25) is 0 Å². The monoisotopic (exact) mass is 1520 g/mol. The maximum Gasteiger partial charge on any atom is 0.119 e. The summed E-state index contributed by atoms with van der Waals surface area (Å²) in [5.41, 5.74) is 5.61. The van der Waals surface area contributed by atoms with E-state index in [9.17, 15) is 15.3 Å². The van der Waals surface area contributed by atoms with E-state index in [4.69, 9.17) is 89.0 Å². The molecule has 3 heterocycles. The van der Waals surface area contributed by atoms with Gasteiger partial charge in [-0.15, -0.1) is 47.9 Å². The zero-order valence-electron chi connectivity index (χ0n) is 56.2. The average Bonchev–Trinajstić information content (AvgIpc) is 1.25. The standard InChI is InChI=1S/C47H45Cl3O6S3.C29H30O6.C6H5ClS/c1-47(32-2-14-41(15-3-32)54-26-38(51)29-57-44-20-8-35(48)9-21-44,33-4-16-42(17-5-33)55-27-39(52)30-58-45-22-10-36(49)11-23-45)34-6-18-43(19-7-34)56-28-40(53)31-59-46-24-12-37(50)13-25-46;1-29(20-2-8-23(9-3-20)30-14-26-17-33-26,21-4-10-24(11-5-21)31-15-27-18-34-27)22-6-12-25(13-7-22)32-16-28-19-35-28;7-5-1-3-6(8)4-2-5/h2-25,38-40,51-53H,26-31H2,1H3;2-13,26-28H,14-19H2,1H3;1-4,8H. The molecule has 0 bridgehead atoms. The van der Waals surface area contributed by atoms with Gasteiger partial charge in [-0.05, 0) is 217 Å². The number of aliphatic hydroxyl groups is 3. The van der Waals surface area contributed by atoms with Gasteiger partial charge in [0.1, 0.15) is 92.5 Å². The van der Waals surface area contributed by atoms with Crippen molar-refractivity contribution in [3.05, 3.63) is 296 Å². The second kappa shape index (κ2) is 37.8. The number of aliphatic hydroxyl groups excluding tert-OH is 3. The SMILES string of the molecule is CC(c1ccc(OCC(O)CSc2ccc(Cl)cc2)cc1)(c1ccc(OCC(O)CSc2ccc(Cl)cc2)cc1)c1ccc(OCC(O)CSc2ccc(Cl)cc2)cc1.CC(c1ccc(OCC2CO2)cc1)(c1ccc(OCC2CO2)cc1)c1ccc(OCC2CO2)cc1.Sc1ccc(Cl)cc1. The van der Waals surface area contributed by atoms with Gasteiger partial charge in [-0.3, -0.25) is 0 Å². The van der Waals surface area contributed by atoms with E-state index in [1.54, 1.807) is 35.3 Å². The number of hydrogen-bond acceptors (Lipinski definition) is 16. The van der Waals surface area contributed by atoms with Gasteiger partial charge in [0.25, 0.3) is 0 Å². The summed E-state index contributed by atoms with van der Waals surface area (Å²) in [6, 6.07) is 78.8. The Bertz CT molecular complexity index is 3730. The van der Waals surface area contributed by atoms with Gasteiger partial charge in [-0.25, -0.2) is 0 Å². The zero-order chi connectivity index (χ0) is 71.3. The smallest absolute Gasteiger partial charge is 0.119 e. The van der Waals surface area contributed by atoms with Gasteiger partial charge in [-0.1, -0.05) is 119 Å². The minimum atomic E-state index is -0.659. The van der Waals surface area contributed by atoms with Crippen LogP contribution < -0.4 is 28.4 Å². The van der Waals surface area contributed by atoms with Crippen LogP contribution in [0.3, 0.4) is 0 Å². The molecule has 3 fully saturated rings. The van der Waals surface area contributed by atoms with Crippen molar-refractivity contribution in [1.82, 2.24) is 0 Å². The molecule has 13 rings (SSSR count). The number of thioether (sulfide) groups is 3. The molecule has 3 aliphatic rings. The Morgan fingerprint density at radius 2 is 0.529 bits per heavy atom. The fourth-order valence-corrected chi connectivity index (χ4v) is 13.8. The van der Waals surface area contributed by atoms with Crippen molar-refractivity contribution in [1.29, 1.82) is 0 Å². The van der Waals surface area contributed by atoms with E-state index in [1.165, 1.54) is 16.7 Å². The first-order valence-corrected chi connectivity index (χ1v) is 38.3. The molecule has 20 heteroatoms. The van der Waals surface area contributed by atoms with Crippen LogP contribution in [0.5, 0.6) is 34.5 Å². The summed E-state index contributed by atoms with van der Waals surface area (Å²) in [7, 11) is 0. The molecular weight excluding hydrogens is 1450 g/mol. The lowest BCUT2D eigenvalue weighted by atomic mass is 9.71. The molecule has 6 atom stereocenters. The molecule has 0 saturated carbocycles. The molecule has 3 N–H and O–H groups in total. The van der Waals surface area contributed by atoms with Gasteiger partial charge in [0.05, 0.1) is 38.1 Å². The third kappa shape index (κ3) is 23.7. The van der Waals surface area contributed by atoms with Crippen molar-refractivity contribution in [2.75, 3.05) is 76.7 Å². The molecule has 0 spiro atoms. The predicted octanol–water partition coefficient (Wildman–Crippen LogP) is 18.6. The van der Waals surface area contributed by atoms with E-state index in [1.807, 2.05) is 206 Å². The molecule has 10 aromatic rings. The van der Waals surface area contributed by atoms with Crippen LogP contribution in [-0.4, -0.2) is 129 Å². The Hall–Kier alpha value is -6.68. The third-order valence-electron chi connectivity index (χ3n) is 17.0. The van der Waals surface area contributed by atoms with Crippen LogP contribution in [0.1, 0.15) is 47.2 Å². The molecule has 102 heavy (non-hydrogen) atoms. The summed E-state index contributed by atoms with van der Waals surface area (Å²) >= 11 is 32.3. The maximum atomic E-state index is 10.6. The lowest BCUT2D eigenvalue weighted by Crippen LogP contribution is -2.25. The molecule has 3 saturated heterocycles. The number of hydrogen-bond donors (Lipinski definition) is 4. The van der Waals surface area contributed by atoms with Crippen LogP contribution >= 0.6 is 94.3 Å². The second-order valence-electron chi connectivity index (χ2n) is 24.9. The molecule has 0 aromatic heterocycles. The number of thiol groups is 1. The number of halogens is 4. The van der Waals surface area contributed by atoms with Crippen molar-refractivity contribution in [3.8, 4) is 34.5 Å². The largest absolute Gasteiger partial charge is 0.491 e. The minimum absolute atomic E-state index is 0.156. The molecule has 3 aliphatic heterocycles. The summed E-state index contributed by atoms with van der Waals surface area (Å²) in [4.78, 5) is 4.02. The van der Waals surface area contributed by atoms with E-state index >= 15 is 0 Å². The summed E-state index contributed by atoms with van der Waals surface area (Å²) in [6.07, 6.45) is -1.27. The van der Waals surface area contributed by atoms with Gasteiger partial charge in [0.15, 0.2) is 0 Å². The molecule has 0 radical (unpaired) electrons. The Balaban J connectivity index is 0.000000203. The number of rotatable bonds is 33. The highest BCUT2D eigenvalue weighted by molar-refractivity contribution is 7.99. The first-order valence-electron chi connectivity index (χ1n) is 33.4. The molecule has 532 valence electrons. The van der Waals surface area contributed by atoms with Gasteiger partial charge < -0.3 is 58.0 Å². The molecule has 6 unspecified atom stereocenters. The highest BCUT2D eigenvalue weighted by Gasteiger charge is 2.34. The van der Waals surface area contributed by atoms with E-state index in [2.05, 4.69) is 62.9 Å². The lowest BCUT2D eigenvalue weighted by Gasteiger charge is -2.32. The van der Waals surface area contributed by atoms with Crippen molar-refractivity contribution < 1.29 is 58.0 Å². The quantitative estimate of drug-likeness (QED) is 0.0133. The summed E-state index contributed by atoms with van der Waals surface area (Å²) in [6.45, 7) is 9.04. The summed E-state index contributed by atoms with van der Waals surface area (Å²) in [5, 5.41) is 34.7. The summed E-state index contributed by atoms with van der Waals surface area (Å²) < 4.78 is 51.3. The predicted molar refractivity (Wildman–Crippen MR) is 415 cm³/mol. The van der Waals surface area contributed by atoms with Gasteiger partial charge in [0, 0.05) is 67.8 Å². The van der Waals surface area contributed by atoms with E-state index < -0.39 is 23.7 Å². The third-order valence-corrected chi connectivity index (χ3v) is 21.8. The Labute approximate surface area is 635 Å². The van der Waals surface area contributed by atoms with E-state index in [-0.39, 0.29) is 43.5 Å². The van der Waals surface area contributed by atoms with Crippen LogP contribution in [0, 0.1) is 0 Å². The van der Waals surface area contributed by atoms with Crippen LogP contribution in [0.2, 0.25) is 20.1 Å². The summed E-state index contributed by atoms with van der Waals surface area (Å²) in [5.74, 6) is 5.97. The van der Waals surface area contributed by atoms with Crippen molar-refractivity contribution in [3.63, 3.8) is 0 Å². The number of benzene rings is 10. The molecular formula is C82H80Cl4O12S4. The van der Waals surface area contributed by atoms with Crippen LogP contribution in [0.25, 0.3) is 0 Å². The first-order chi connectivity index (χ1) is 49.5. The van der Waals surface area contributed by atoms with E-state index in [0.29, 0.717) is 69.4 Å². The van der Waals surface area contributed by atoms with Crippen LogP contribution in [-0.2, 0) is 25.0 Å². The zero-order valence-corrected chi connectivity index (χ0v) is 62.6. The molecule has 12 nitrogen and oxygen atoms in total. The van der Waals surface area contributed by atoms with Crippen molar-refractivity contribution in [2.45, 2.75) is 80.9 Å². The molecule has 0 amide bonds. The van der Waals surface area contributed by atoms with Crippen LogP contribution in [0.15, 0.2) is 262 Å². The van der Waals surface area contributed by atoms with Crippen molar-refractivity contribution >= 4 is 94.3 Å².